The van der Waals surface area contributed by atoms with Crippen molar-refractivity contribution in [2.45, 2.75) is 25.5 Å². The molecule has 0 spiro atoms. The maximum atomic E-state index is 12.5. The van der Waals surface area contributed by atoms with Crippen LogP contribution < -0.4 is 19.0 Å². The van der Waals surface area contributed by atoms with Gasteiger partial charge in [0.05, 0.1) is 11.4 Å². The highest BCUT2D eigenvalue weighted by molar-refractivity contribution is 7.87. The summed E-state index contributed by atoms with van der Waals surface area (Å²) < 4.78 is 59.4. The monoisotopic (exact) mass is 518 g/mol. The van der Waals surface area contributed by atoms with Crippen molar-refractivity contribution >= 4 is 37.6 Å². The summed E-state index contributed by atoms with van der Waals surface area (Å²) >= 11 is 0. The molecule has 2 N–H and O–H groups in total. The van der Waals surface area contributed by atoms with E-state index in [4.69, 9.17) is 8.37 Å². The summed E-state index contributed by atoms with van der Waals surface area (Å²) in [5.74, 6) is -0.416. The number of amides is 2. The highest BCUT2D eigenvalue weighted by Gasteiger charge is 2.18. The lowest BCUT2D eigenvalue weighted by atomic mass is 10.2. The standard InChI is InChI=1S/C24H26N2O7S2/c1-2-3-16-34(28,29)32-21-13-9-12-20(17-21)25-24(27)26-22-14-7-8-15-23(22)33-35(30,31)18-19-10-5-4-6-11-19/h4-15,17H,2-3,16,18H2,1H3,(H2,25,26,27). The second kappa shape index (κ2) is 11.7. The van der Waals surface area contributed by atoms with Crippen LogP contribution in [0.15, 0.2) is 78.9 Å². The molecule has 11 heteroatoms. The number of rotatable bonds is 11. The number of hydrogen-bond donors (Lipinski definition) is 2. The molecule has 0 aliphatic heterocycles. The zero-order valence-electron chi connectivity index (χ0n) is 19.0. The molecule has 0 atom stereocenters. The molecule has 0 saturated heterocycles. The lowest BCUT2D eigenvalue weighted by Crippen LogP contribution is -2.21. The quantitative estimate of drug-likeness (QED) is 0.351. The molecule has 35 heavy (non-hydrogen) atoms. The summed E-state index contributed by atoms with van der Waals surface area (Å²) in [6, 6.07) is 19.9. The van der Waals surface area contributed by atoms with E-state index in [-0.39, 0.29) is 34.4 Å². The minimum absolute atomic E-state index is 0.0438. The van der Waals surface area contributed by atoms with E-state index in [0.717, 1.165) is 0 Å². The third kappa shape index (κ3) is 8.62. The van der Waals surface area contributed by atoms with Gasteiger partial charge in [-0.05, 0) is 36.2 Å². The van der Waals surface area contributed by atoms with Crippen LogP contribution in [0.5, 0.6) is 11.5 Å². The predicted octanol–water partition coefficient (Wildman–Crippen LogP) is 4.75. The number of urea groups is 1. The number of anilines is 2. The van der Waals surface area contributed by atoms with Gasteiger partial charge in [-0.1, -0.05) is 61.9 Å². The third-order valence-electron chi connectivity index (χ3n) is 4.60. The Morgan fingerprint density at radius 2 is 1.51 bits per heavy atom. The van der Waals surface area contributed by atoms with Crippen molar-refractivity contribution in [1.29, 1.82) is 0 Å². The van der Waals surface area contributed by atoms with Gasteiger partial charge in [0.1, 0.15) is 11.5 Å². The summed E-state index contributed by atoms with van der Waals surface area (Å²) in [7, 11) is -7.72. The Balaban J connectivity index is 1.66. The van der Waals surface area contributed by atoms with Crippen molar-refractivity contribution in [3.8, 4) is 11.5 Å². The Labute approximate surface area is 205 Å². The maximum absolute atomic E-state index is 12.5. The van der Waals surface area contributed by atoms with E-state index in [9.17, 15) is 21.6 Å². The van der Waals surface area contributed by atoms with Crippen molar-refractivity contribution in [3.05, 3.63) is 84.4 Å². The fourth-order valence-electron chi connectivity index (χ4n) is 3.01. The van der Waals surface area contributed by atoms with E-state index in [1.54, 1.807) is 48.5 Å². The number of nitrogens with one attached hydrogen (secondary N) is 2. The van der Waals surface area contributed by atoms with Crippen LogP contribution in [0.25, 0.3) is 0 Å². The van der Waals surface area contributed by atoms with Crippen LogP contribution in [0, 0.1) is 0 Å². The Bertz CT molecular complexity index is 1360. The first kappa shape index (κ1) is 26.0. The lowest BCUT2D eigenvalue weighted by molar-refractivity contribution is 0.262. The first-order valence-corrected chi connectivity index (χ1v) is 14.0. The van der Waals surface area contributed by atoms with Crippen LogP contribution in [0.2, 0.25) is 0 Å². The first-order chi connectivity index (χ1) is 16.7. The Hall–Kier alpha value is -3.57. The van der Waals surface area contributed by atoms with Crippen molar-refractivity contribution in [1.82, 2.24) is 0 Å². The molecule has 0 bridgehead atoms. The molecule has 0 aliphatic rings. The van der Waals surface area contributed by atoms with E-state index in [2.05, 4.69) is 10.6 Å². The molecular weight excluding hydrogens is 492 g/mol. The SMILES string of the molecule is CCCCS(=O)(=O)Oc1cccc(NC(=O)Nc2ccccc2OS(=O)(=O)Cc2ccccc2)c1. The van der Waals surface area contributed by atoms with Crippen LogP contribution in [-0.4, -0.2) is 28.6 Å². The van der Waals surface area contributed by atoms with Gasteiger partial charge < -0.3 is 19.0 Å². The molecule has 3 rings (SSSR count). The number of carbonyl (C=O) groups is 1. The highest BCUT2D eigenvalue weighted by Crippen LogP contribution is 2.27. The van der Waals surface area contributed by atoms with Gasteiger partial charge in [0.25, 0.3) is 0 Å². The first-order valence-electron chi connectivity index (χ1n) is 10.8. The van der Waals surface area contributed by atoms with Crippen LogP contribution in [0.1, 0.15) is 25.3 Å². The molecule has 2 amide bonds. The fourth-order valence-corrected chi connectivity index (χ4v) is 5.21. The average molecular weight is 519 g/mol. The summed E-state index contributed by atoms with van der Waals surface area (Å²) in [5.41, 5.74) is 0.978. The molecule has 0 heterocycles. The van der Waals surface area contributed by atoms with Crippen LogP contribution in [-0.2, 0) is 26.0 Å². The second-order valence-corrected chi connectivity index (χ2v) is 10.8. The van der Waals surface area contributed by atoms with Gasteiger partial charge in [0, 0.05) is 11.8 Å². The van der Waals surface area contributed by atoms with Crippen molar-refractivity contribution in [3.63, 3.8) is 0 Å². The average Bonchev–Trinajstić information content (AvgIpc) is 2.79. The minimum atomic E-state index is -3.98. The molecule has 3 aromatic carbocycles. The number of benzene rings is 3. The normalized spacial score (nSPS) is 11.5. The van der Waals surface area contributed by atoms with Gasteiger partial charge in [-0.3, -0.25) is 0 Å². The molecule has 0 saturated carbocycles. The van der Waals surface area contributed by atoms with Gasteiger partial charge in [-0.2, -0.15) is 16.8 Å². The number of para-hydroxylation sites is 2. The smallest absolute Gasteiger partial charge is 0.323 e. The molecule has 9 nitrogen and oxygen atoms in total. The molecule has 0 aliphatic carbocycles. The number of hydrogen-bond acceptors (Lipinski definition) is 7. The second-order valence-electron chi connectivity index (χ2n) is 7.57. The van der Waals surface area contributed by atoms with E-state index in [0.29, 0.717) is 18.4 Å². The van der Waals surface area contributed by atoms with Gasteiger partial charge in [0.2, 0.25) is 0 Å². The zero-order valence-corrected chi connectivity index (χ0v) is 20.6. The summed E-state index contributed by atoms with van der Waals surface area (Å²) in [5, 5.41) is 5.10. The Morgan fingerprint density at radius 1 is 0.800 bits per heavy atom. The number of carbonyl (C=O) groups excluding carboxylic acids is 1. The van der Waals surface area contributed by atoms with Crippen molar-refractivity contribution in [2.75, 3.05) is 16.4 Å². The molecule has 186 valence electrons. The summed E-state index contributed by atoms with van der Waals surface area (Å²) in [4.78, 5) is 12.5. The van der Waals surface area contributed by atoms with Crippen LogP contribution in [0.4, 0.5) is 16.2 Å². The highest BCUT2D eigenvalue weighted by atomic mass is 32.2. The third-order valence-corrected chi connectivity index (χ3v) is 6.96. The topological polar surface area (TPSA) is 128 Å². The lowest BCUT2D eigenvalue weighted by Gasteiger charge is -2.13. The van der Waals surface area contributed by atoms with Crippen molar-refractivity contribution < 1.29 is 30.0 Å². The minimum Gasteiger partial charge on any atom is -0.382 e. The van der Waals surface area contributed by atoms with E-state index < -0.39 is 26.3 Å². The molecule has 3 aromatic rings. The molecule has 0 radical (unpaired) electrons. The van der Waals surface area contributed by atoms with Crippen molar-refractivity contribution in [2.24, 2.45) is 0 Å². The summed E-state index contributed by atoms with van der Waals surface area (Å²) in [6.45, 7) is 1.88. The van der Waals surface area contributed by atoms with E-state index in [1.165, 1.54) is 30.3 Å². The largest absolute Gasteiger partial charge is 0.382 e. The van der Waals surface area contributed by atoms with Crippen LogP contribution in [0.3, 0.4) is 0 Å². The van der Waals surface area contributed by atoms with E-state index >= 15 is 0 Å². The zero-order chi connectivity index (χ0) is 25.3. The maximum Gasteiger partial charge on any atom is 0.323 e. The number of unbranched alkanes of at least 4 members (excludes halogenated alkanes) is 1. The van der Waals surface area contributed by atoms with Gasteiger partial charge >= 0.3 is 26.3 Å². The van der Waals surface area contributed by atoms with Gasteiger partial charge in [0.15, 0.2) is 5.75 Å². The Kier molecular flexibility index (Phi) is 8.72. The predicted molar refractivity (Wildman–Crippen MR) is 135 cm³/mol. The fraction of sp³-hybridized carbons (Fsp3) is 0.208. The van der Waals surface area contributed by atoms with E-state index in [1.807, 2.05) is 6.92 Å². The molecule has 0 aromatic heterocycles. The molecule has 0 unspecified atom stereocenters. The Morgan fingerprint density at radius 3 is 2.26 bits per heavy atom. The molecular formula is C24H26N2O7S2. The van der Waals surface area contributed by atoms with Crippen LogP contribution >= 0.6 is 0 Å². The molecule has 0 fully saturated rings. The summed E-state index contributed by atoms with van der Waals surface area (Å²) in [6.07, 6.45) is 1.19. The van der Waals surface area contributed by atoms with Gasteiger partial charge in [-0.25, -0.2) is 4.79 Å². The van der Waals surface area contributed by atoms with Gasteiger partial charge in [-0.15, -0.1) is 0 Å².